The van der Waals surface area contributed by atoms with Gasteiger partial charge in [0.1, 0.15) is 6.17 Å². The van der Waals surface area contributed by atoms with E-state index in [1.807, 2.05) is 66.9 Å². The van der Waals surface area contributed by atoms with E-state index in [4.69, 9.17) is 10.3 Å². The molecule has 0 aliphatic carbocycles. The molecule has 4 nitrogen and oxygen atoms in total. The molecular formula is C22H18N4. The van der Waals surface area contributed by atoms with Gasteiger partial charge in [0.15, 0.2) is 5.66 Å². The van der Waals surface area contributed by atoms with Crippen LogP contribution in [-0.4, -0.2) is 6.21 Å². The van der Waals surface area contributed by atoms with Gasteiger partial charge in [-0.3, -0.25) is 10.3 Å². The minimum Gasteiger partial charge on any atom is -0.359 e. The first-order valence-electron chi connectivity index (χ1n) is 8.50. The summed E-state index contributed by atoms with van der Waals surface area (Å²) in [6.45, 7) is 0. The molecule has 126 valence electrons. The zero-order valence-corrected chi connectivity index (χ0v) is 14.1. The van der Waals surface area contributed by atoms with Crippen LogP contribution in [0.4, 0.5) is 5.69 Å². The number of anilines is 1. The maximum absolute atomic E-state index is 9.00. The maximum atomic E-state index is 9.00. The standard InChI is InChI=1S/C22H18N4/c23-15-17-11-13-20(14-12-17)25-22(19-9-5-2-6-10-19)16-24-21(26-22)18-7-3-1-4-8-18/h1-14,16,21,25-26H. The molecule has 4 rings (SSSR count). The van der Waals surface area contributed by atoms with Crippen LogP contribution in [0.5, 0.6) is 0 Å². The van der Waals surface area contributed by atoms with Crippen LogP contribution in [-0.2, 0) is 5.66 Å². The number of nitriles is 1. The summed E-state index contributed by atoms with van der Waals surface area (Å²) in [5.41, 5.74) is 3.13. The van der Waals surface area contributed by atoms with Gasteiger partial charge in [0, 0.05) is 11.9 Å². The van der Waals surface area contributed by atoms with E-state index in [0.29, 0.717) is 5.56 Å². The Labute approximate surface area is 152 Å². The Hall–Kier alpha value is -3.42. The average molecular weight is 338 g/mol. The molecule has 0 saturated carbocycles. The van der Waals surface area contributed by atoms with Crippen molar-refractivity contribution in [1.82, 2.24) is 5.32 Å². The first-order valence-corrected chi connectivity index (χ1v) is 8.50. The van der Waals surface area contributed by atoms with Gasteiger partial charge in [0.2, 0.25) is 0 Å². The zero-order chi connectivity index (χ0) is 17.8. The number of nitrogens with one attached hydrogen (secondary N) is 2. The van der Waals surface area contributed by atoms with Gasteiger partial charge in [0.25, 0.3) is 0 Å². The average Bonchev–Trinajstić information content (AvgIpc) is 3.15. The van der Waals surface area contributed by atoms with Gasteiger partial charge in [-0.25, -0.2) is 0 Å². The summed E-state index contributed by atoms with van der Waals surface area (Å²) < 4.78 is 0. The normalized spacial score (nSPS) is 21.3. The lowest BCUT2D eigenvalue weighted by Gasteiger charge is -2.31. The Morgan fingerprint density at radius 1 is 0.885 bits per heavy atom. The van der Waals surface area contributed by atoms with Crippen LogP contribution in [0.15, 0.2) is 89.9 Å². The minimum absolute atomic E-state index is 0.123. The molecule has 26 heavy (non-hydrogen) atoms. The zero-order valence-electron chi connectivity index (χ0n) is 14.1. The summed E-state index contributed by atoms with van der Waals surface area (Å²) >= 11 is 0. The van der Waals surface area contributed by atoms with Crippen LogP contribution in [0.3, 0.4) is 0 Å². The molecule has 1 aliphatic rings. The van der Waals surface area contributed by atoms with Crippen molar-refractivity contribution in [2.24, 2.45) is 4.99 Å². The third-order valence-electron chi connectivity index (χ3n) is 4.48. The van der Waals surface area contributed by atoms with Crippen molar-refractivity contribution >= 4 is 11.9 Å². The van der Waals surface area contributed by atoms with E-state index < -0.39 is 5.66 Å². The number of hydrogen-bond acceptors (Lipinski definition) is 4. The van der Waals surface area contributed by atoms with E-state index in [2.05, 4.69) is 41.0 Å². The van der Waals surface area contributed by atoms with Crippen LogP contribution in [0, 0.1) is 11.3 Å². The van der Waals surface area contributed by atoms with Crippen LogP contribution in [0.2, 0.25) is 0 Å². The Morgan fingerprint density at radius 3 is 2.19 bits per heavy atom. The summed E-state index contributed by atoms with van der Waals surface area (Å²) in [5, 5.41) is 16.2. The van der Waals surface area contributed by atoms with Crippen LogP contribution < -0.4 is 10.6 Å². The number of nitrogens with zero attached hydrogens (tertiary/aromatic N) is 2. The Balaban J connectivity index is 1.68. The molecule has 2 atom stereocenters. The van der Waals surface area contributed by atoms with Gasteiger partial charge in [-0.05, 0) is 35.4 Å². The van der Waals surface area contributed by atoms with Crippen molar-refractivity contribution in [3.63, 3.8) is 0 Å². The lowest BCUT2D eigenvalue weighted by atomic mass is 10.00. The minimum atomic E-state index is -0.615. The highest BCUT2D eigenvalue weighted by atomic mass is 15.3. The van der Waals surface area contributed by atoms with E-state index in [0.717, 1.165) is 16.8 Å². The molecule has 0 saturated heterocycles. The summed E-state index contributed by atoms with van der Waals surface area (Å²) in [4.78, 5) is 4.71. The smallest absolute Gasteiger partial charge is 0.153 e. The predicted molar refractivity (Wildman–Crippen MR) is 104 cm³/mol. The van der Waals surface area contributed by atoms with Gasteiger partial charge >= 0.3 is 0 Å². The molecule has 3 aromatic carbocycles. The van der Waals surface area contributed by atoms with Gasteiger partial charge in [-0.15, -0.1) is 0 Å². The number of benzene rings is 3. The lowest BCUT2D eigenvalue weighted by Crippen LogP contribution is -2.47. The summed E-state index contributed by atoms with van der Waals surface area (Å²) in [5.74, 6) is 0. The Bertz CT molecular complexity index is 943. The topological polar surface area (TPSA) is 60.2 Å². The van der Waals surface area contributed by atoms with Crippen molar-refractivity contribution in [2.75, 3.05) is 5.32 Å². The summed E-state index contributed by atoms with van der Waals surface area (Å²) in [6.07, 6.45) is 1.81. The molecule has 1 aliphatic heterocycles. The van der Waals surface area contributed by atoms with Crippen molar-refractivity contribution < 1.29 is 0 Å². The highest BCUT2D eigenvalue weighted by molar-refractivity contribution is 5.79. The van der Waals surface area contributed by atoms with Crippen molar-refractivity contribution in [1.29, 1.82) is 5.26 Å². The van der Waals surface area contributed by atoms with Crippen LogP contribution >= 0.6 is 0 Å². The SMILES string of the molecule is N#Cc1ccc(NC2(c3ccccc3)C=NC(c3ccccc3)N2)cc1. The van der Waals surface area contributed by atoms with Gasteiger partial charge in [0.05, 0.1) is 11.6 Å². The van der Waals surface area contributed by atoms with Crippen molar-refractivity contribution in [3.8, 4) is 6.07 Å². The van der Waals surface area contributed by atoms with Gasteiger partial charge in [-0.2, -0.15) is 5.26 Å². The second kappa shape index (κ2) is 6.83. The van der Waals surface area contributed by atoms with Crippen LogP contribution in [0.25, 0.3) is 0 Å². The summed E-state index contributed by atoms with van der Waals surface area (Å²) in [6, 6.07) is 29.9. The fraction of sp³-hybridized carbons (Fsp3) is 0.0909. The highest BCUT2D eigenvalue weighted by Crippen LogP contribution is 2.31. The third kappa shape index (κ3) is 3.08. The van der Waals surface area contributed by atoms with E-state index in [-0.39, 0.29) is 6.17 Å². The van der Waals surface area contributed by atoms with Crippen molar-refractivity contribution in [3.05, 3.63) is 102 Å². The molecule has 0 bridgehead atoms. The highest BCUT2D eigenvalue weighted by Gasteiger charge is 2.37. The Morgan fingerprint density at radius 2 is 1.54 bits per heavy atom. The molecule has 2 N–H and O–H groups in total. The van der Waals surface area contributed by atoms with Gasteiger partial charge in [-0.1, -0.05) is 60.7 Å². The summed E-state index contributed by atoms with van der Waals surface area (Å²) in [7, 11) is 0. The maximum Gasteiger partial charge on any atom is 0.153 e. The first-order chi connectivity index (χ1) is 12.8. The van der Waals surface area contributed by atoms with E-state index in [9.17, 15) is 0 Å². The Kier molecular flexibility index (Phi) is 4.22. The molecule has 3 aromatic rings. The van der Waals surface area contributed by atoms with E-state index in [1.54, 1.807) is 0 Å². The third-order valence-corrected chi connectivity index (χ3v) is 4.48. The predicted octanol–water partition coefficient (Wildman–Crippen LogP) is 4.20. The molecule has 0 aromatic heterocycles. The van der Waals surface area contributed by atoms with Gasteiger partial charge < -0.3 is 5.32 Å². The fourth-order valence-electron chi connectivity index (χ4n) is 3.14. The number of aliphatic imine (C=N–C) groups is 1. The molecule has 0 radical (unpaired) electrons. The lowest BCUT2D eigenvalue weighted by molar-refractivity contribution is 0.473. The second-order valence-electron chi connectivity index (χ2n) is 6.22. The monoisotopic (exact) mass is 338 g/mol. The number of rotatable bonds is 4. The molecular weight excluding hydrogens is 320 g/mol. The molecule has 1 heterocycles. The second-order valence-corrected chi connectivity index (χ2v) is 6.22. The quantitative estimate of drug-likeness (QED) is 0.749. The first kappa shape index (κ1) is 16.1. The van der Waals surface area contributed by atoms with Crippen LogP contribution in [0.1, 0.15) is 22.9 Å². The molecule has 0 spiro atoms. The molecule has 0 amide bonds. The van der Waals surface area contributed by atoms with Crippen molar-refractivity contribution in [2.45, 2.75) is 11.8 Å². The fourth-order valence-corrected chi connectivity index (χ4v) is 3.14. The molecule has 2 unspecified atom stereocenters. The number of hydrogen-bond donors (Lipinski definition) is 2. The largest absolute Gasteiger partial charge is 0.359 e. The van der Waals surface area contributed by atoms with E-state index >= 15 is 0 Å². The molecule has 0 fully saturated rings. The molecule has 4 heteroatoms. The van der Waals surface area contributed by atoms with E-state index in [1.165, 1.54) is 0 Å².